The summed E-state index contributed by atoms with van der Waals surface area (Å²) >= 11 is 0. The summed E-state index contributed by atoms with van der Waals surface area (Å²) in [5, 5.41) is 6.30. The van der Waals surface area contributed by atoms with Gasteiger partial charge >= 0.3 is 0 Å². The first-order valence-electron chi connectivity index (χ1n) is 1.89. The lowest BCUT2D eigenvalue weighted by Gasteiger charge is -1.65. The molecule has 0 heterocycles. The molecule has 0 rings (SSSR count). The van der Waals surface area contributed by atoms with Gasteiger partial charge in [-0.1, -0.05) is 5.92 Å². The first-order chi connectivity index (χ1) is 3.41. The van der Waals surface area contributed by atoms with Crippen LogP contribution in [-0.2, 0) is 0 Å². The molecule has 0 aromatic rings. The third-order valence-corrected chi connectivity index (χ3v) is 0.414. The van der Waals surface area contributed by atoms with Crippen molar-refractivity contribution in [2.75, 3.05) is 6.54 Å². The van der Waals surface area contributed by atoms with Crippen LogP contribution in [-0.4, -0.2) is 12.6 Å². The Hall–Kier alpha value is -1.06. The Labute approximate surface area is 42.8 Å². The molecule has 0 aliphatic heterocycles. The van der Waals surface area contributed by atoms with E-state index in [2.05, 4.69) is 16.8 Å². The molecule has 0 saturated heterocycles. The first kappa shape index (κ1) is 5.94. The minimum atomic E-state index is 0.403. The Morgan fingerprint density at radius 3 is 2.86 bits per heavy atom. The predicted octanol–water partition coefficient (Wildman–Crippen LogP) is 0.762. The number of hydrogen-bond acceptors (Lipinski definition) is 2. The van der Waals surface area contributed by atoms with Crippen molar-refractivity contribution >= 4 is 6.01 Å². The highest BCUT2D eigenvalue weighted by molar-refractivity contribution is 5.36. The van der Waals surface area contributed by atoms with Gasteiger partial charge in [-0.05, 0) is 6.92 Å². The zero-order chi connectivity index (χ0) is 5.54. The molecule has 7 heavy (non-hydrogen) atoms. The zero-order valence-electron chi connectivity index (χ0n) is 4.15. The molecule has 36 valence electrons. The monoisotopic (exact) mass is 94.1 g/mol. The second kappa shape index (κ2) is 4.94. The molecule has 0 atom stereocenters. The lowest BCUT2D eigenvalue weighted by molar-refractivity contribution is 1.29. The van der Waals surface area contributed by atoms with E-state index in [9.17, 15) is 0 Å². The number of aliphatic imine (C=N–C) groups is 1. The van der Waals surface area contributed by atoms with Crippen LogP contribution in [0.1, 0.15) is 6.92 Å². The molecule has 0 aromatic heterocycles. The fourth-order valence-corrected chi connectivity index (χ4v) is 0.158. The molecule has 2 heteroatoms. The average molecular weight is 94.1 g/mol. The topological polar surface area (TPSA) is 36.2 Å². The zero-order valence-corrected chi connectivity index (χ0v) is 4.15. The molecule has 0 bridgehead atoms. The van der Waals surface area contributed by atoms with E-state index in [1.54, 1.807) is 6.92 Å². The van der Waals surface area contributed by atoms with Gasteiger partial charge in [0.15, 0.2) is 0 Å². The molecular formula is C5H6N2. The van der Waals surface area contributed by atoms with E-state index in [0.717, 1.165) is 0 Å². The van der Waals surface area contributed by atoms with Crippen LogP contribution in [0.25, 0.3) is 0 Å². The Bertz CT molecular complexity index is 132. The maximum Gasteiger partial charge on any atom is 0.111 e. The van der Waals surface area contributed by atoms with Crippen molar-refractivity contribution in [2.45, 2.75) is 6.92 Å². The maximum atomic E-state index is 6.30. The van der Waals surface area contributed by atoms with E-state index < -0.39 is 0 Å². The molecule has 0 aromatic carbocycles. The van der Waals surface area contributed by atoms with Crippen molar-refractivity contribution in [2.24, 2.45) is 4.99 Å². The number of nitrogens with one attached hydrogen (secondary N) is 1. The summed E-state index contributed by atoms with van der Waals surface area (Å²) in [5.41, 5.74) is 0. The predicted molar refractivity (Wildman–Crippen MR) is 28.5 cm³/mol. The van der Waals surface area contributed by atoms with Gasteiger partial charge in [0.1, 0.15) is 6.54 Å². The number of rotatable bonds is 1. The van der Waals surface area contributed by atoms with E-state index >= 15 is 0 Å². The van der Waals surface area contributed by atoms with Crippen LogP contribution in [0.15, 0.2) is 4.99 Å². The third kappa shape index (κ3) is 4.94. The fraction of sp³-hybridized carbons (Fsp3) is 0.400. The second-order valence-electron chi connectivity index (χ2n) is 0.855. The van der Waals surface area contributed by atoms with Gasteiger partial charge in [-0.3, -0.25) is 0 Å². The molecule has 0 aliphatic rings. The van der Waals surface area contributed by atoms with Crippen molar-refractivity contribution in [1.29, 1.82) is 5.41 Å². The molecule has 0 fully saturated rings. The van der Waals surface area contributed by atoms with Gasteiger partial charge in [0, 0.05) is 0 Å². The van der Waals surface area contributed by atoms with Crippen molar-refractivity contribution in [3.8, 4) is 11.8 Å². The molecule has 0 radical (unpaired) electrons. The van der Waals surface area contributed by atoms with Crippen LogP contribution >= 0.6 is 0 Å². The van der Waals surface area contributed by atoms with Gasteiger partial charge in [-0.2, -0.15) is 0 Å². The third-order valence-electron chi connectivity index (χ3n) is 0.414. The Morgan fingerprint density at radius 2 is 2.43 bits per heavy atom. The molecule has 0 spiro atoms. The highest BCUT2D eigenvalue weighted by atomic mass is 14.7. The largest absolute Gasteiger partial charge is 0.242 e. The quantitative estimate of drug-likeness (QED) is 0.368. The van der Waals surface area contributed by atoms with E-state index in [0.29, 0.717) is 6.54 Å². The Kier molecular flexibility index (Phi) is 4.19. The minimum Gasteiger partial charge on any atom is -0.242 e. The Balaban J connectivity index is 3.27. The molecule has 0 amide bonds. The molecule has 0 saturated carbocycles. The summed E-state index contributed by atoms with van der Waals surface area (Å²) in [6.07, 6.45) is 0. The van der Waals surface area contributed by atoms with Gasteiger partial charge in [0.2, 0.25) is 0 Å². The summed E-state index contributed by atoms with van der Waals surface area (Å²) < 4.78 is 0. The lowest BCUT2D eigenvalue weighted by Crippen LogP contribution is -1.66. The van der Waals surface area contributed by atoms with Crippen LogP contribution in [0.2, 0.25) is 0 Å². The molecule has 0 aliphatic carbocycles. The van der Waals surface area contributed by atoms with Crippen molar-refractivity contribution in [1.82, 2.24) is 0 Å². The highest BCUT2D eigenvalue weighted by Gasteiger charge is 1.58. The van der Waals surface area contributed by atoms with Crippen LogP contribution < -0.4 is 0 Å². The summed E-state index contributed by atoms with van der Waals surface area (Å²) in [7, 11) is 0. The smallest absolute Gasteiger partial charge is 0.111 e. The summed E-state index contributed by atoms with van der Waals surface area (Å²) in [6.45, 7) is 2.14. The van der Waals surface area contributed by atoms with Crippen molar-refractivity contribution in [3.63, 3.8) is 0 Å². The van der Waals surface area contributed by atoms with Gasteiger partial charge < -0.3 is 0 Å². The average Bonchev–Trinajstić information content (AvgIpc) is 1.69. The number of hydrogen-bond donors (Lipinski definition) is 1. The lowest BCUT2D eigenvalue weighted by atomic mass is 10.6. The molecular weight excluding hydrogens is 88.1 g/mol. The first-order valence-corrected chi connectivity index (χ1v) is 1.89. The fourth-order valence-electron chi connectivity index (χ4n) is 0.158. The Morgan fingerprint density at radius 1 is 1.71 bits per heavy atom. The van der Waals surface area contributed by atoms with Gasteiger partial charge in [0.05, 0.1) is 6.01 Å². The van der Waals surface area contributed by atoms with E-state index in [4.69, 9.17) is 5.41 Å². The second-order valence-corrected chi connectivity index (χ2v) is 0.855. The van der Waals surface area contributed by atoms with Gasteiger partial charge in [-0.25, -0.2) is 10.4 Å². The van der Waals surface area contributed by atoms with Crippen LogP contribution in [0.4, 0.5) is 0 Å². The van der Waals surface area contributed by atoms with Gasteiger partial charge in [0.25, 0.3) is 0 Å². The van der Waals surface area contributed by atoms with Crippen LogP contribution in [0.5, 0.6) is 0 Å². The van der Waals surface area contributed by atoms with E-state index in [1.807, 2.05) is 6.01 Å². The van der Waals surface area contributed by atoms with Gasteiger partial charge in [-0.15, -0.1) is 5.92 Å². The number of nitrogens with zero attached hydrogens (tertiary/aromatic N) is 1. The van der Waals surface area contributed by atoms with Crippen LogP contribution in [0, 0.1) is 17.3 Å². The van der Waals surface area contributed by atoms with Crippen molar-refractivity contribution in [3.05, 3.63) is 0 Å². The molecule has 0 unspecified atom stereocenters. The normalized spacial score (nSPS) is 5.29. The maximum absolute atomic E-state index is 6.30. The van der Waals surface area contributed by atoms with E-state index in [-0.39, 0.29) is 0 Å². The summed E-state index contributed by atoms with van der Waals surface area (Å²) in [4.78, 5) is 3.40. The SMILES string of the molecule is CC#CCN=C=N. The van der Waals surface area contributed by atoms with Crippen LogP contribution in [0.3, 0.4) is 0 Å². The highest BCUT2D eigenvalue weighted by Crippen LogP contribution is 1.58. The standard InChI is InChI=1S/C5H6N2/c1-2-3-4-7-5-6/h6H,4H2,1H3. The summed E-state index contributed by atoms with van der Waals surface area (Å²) in [6, 6.07) is 1.88. The minimum absolute atomic E-state index is 0.403. The van der Waals surface area contributed by atoms with E-state index in [1.165, 1.54) is 0 Å². The van der Waals surface area contributed by atoms with Crippen molar-refractivity contribution < 1.29 is 0 Å². The molecule has 1 N–H and O–H groups in total. The molecule has 2 nitrogen and oxygen atoms in total. The summed E-state index contributed by atoms with van der Waals surface area (Å²) in [5.74, 6) is 5.29.